The molecule has 0 amide bonds. The van der Waals surface area contributed by atoms with Crippen molar-refractivity contribution in [3.05, 3.63) is 23.9 Å². The lowest BCUT2D eigenvalue weighted by molar-refractivity contribution is -0.136. The molecule has 1 N–H and O–H groups in total. The van der Waals surface area contributed by atoms with E-state index in [4.69, 9.17) is 5.11 Å². The van der Waals surface area contributed by atoms with Gasteiger partial charge in [-0.2, -0.15) is 0 Å². The van der Waals surface area contributed by atoms with Gasteiger partial charge in [-0.1, -0.05) is 6.07 Å². The highest BCUT2D eigenvalue weighted by Gasteiger charge is 2.53. The lowest BCUT2D eigenvalue weighted by Crippen LogP contribution is -2.14. The van der Waals surface area contributed by atoms with Gasteiger partial charge in [0.25, 0.3) is 0 Å². The smallest absolute Gasteiger partial charge is 0.307 e. The molecule has 0 aromatic carbocycles. The van der Waals surface area contributed by atoms with Gasteiger partial charge in [0.15, 0.2) is 14.9 Å². The van der Waals surface area contributed by atoms with Crippen molar-refractivity contribution in [2.24, 2.45) is 5.92 Å². The molecule has 2 unspecified atom stereocenters. The minimum Gasteiger partial charge on any atom is -0.481 e. The Morgan fingerprint density at radius 1 is 1.58 bits per heavy atom. The Kier molecular flexibility index (Phi) is 3.34. The van der Waals surface area contributed by atoms with Crippen LogP contribution in [0.1, 0.15) is 18.9 Å². The molecular formula is C12H14FNO4S. The predicted molar refractivity (Wildman–Crippen MR) is 65.2 cm³/mol. The molecular weight excluding hydrogens is 273 g/mol. The lowest BCUT2D eigenvalue weighted by Gasteiger charge is -2.04. The topological polar surface area (TPSA) is 84.3 Å². The summed E-state index contributed by atoms with van der Waals surface area (Å²) in [6.45, 7) is 1.39. The number of halogens is 1. The van der Waals surface area contributed by atoms with E-state index in [1.54, 1.807) is 0 Å². The average Bonchev–Trinajstić information content (AvgIpc) is 2.84. The quantitative estimate of drug-likeness (QED) is 0.880. The van der Waals surface area contributed by atoms with E-state index in [9.17, 15) is 17.6 Å². The second kappa shape index (κ2) is 4.56. The third kappa shape index (κ3) is 3.28. The third-order valence-electron chi connectivity index (χ3n) is 3.23. The van der Waals surface area contributed by atoms with E-state index in [1.807, 2.05) is 0 Å². The summed E-state index contributed by atoms with van der Waals surface area (Å²) in [6, 6.07) is 2.68. The number of pyridine rings is 1. The normalized spacial score (nSPS) is 26.1. The minimum atomic E-state index is -3.61. The highest BCUT2D eigenvalue weighted by atomic mass is 32.2. The lowest BCUT2D eigenvalue weighted by atomic mass is 10.2. The van der Waals surface area contributed by atoms with Gasteiger partial charge in [0.1, 0.15) is 5.67 Å². The number of carbonyl (C=O) groups is 1. The summed E-state index contributed by atoms with van der Waals surface area (Å²) in [7, 11) is -3.61. The Labute approximate surface area is 110 Å². The zero-order valence-electron chi connectivity index (χ0n) is 10.3. The first-order chi connectivity index (χ1) is 8.71. The van der Waals surface area contributed by atoms with Crippen molar-refractivity contribution in [3.63, 3.8) is 0 Å². The van der Waals surface area contributed by atoms with Gasteiger partial charge in [0.2, 0.25) is 0 Å². The van der Waals surface area contributed by atoms with Crippen LogP contribution in [0.25, 0.3) is 0 Å². The molecule has 1 fully saturated rings. The van der Waals surface area contributed by atoms with Crippen molar-refractivity contribution in [1.29, 1.82) is 0 Å². The van der Waals surface area contributed by atoms with E-state index in [1.165, 1.54) is 25.3 Å². The molecule has 2 rings (SSSR count). The van der Waals surface area contributed by atoms with Crippen molar-refractivity contribution in [3.8, 4) is 0 Å². The molecule has 5 nitrogen and oxygen atoms in total. The molecule has 1 aliphatic rings. The van der Waals surface area contributed by atoms with Gasteiger partial charge < -0.3 is 5.11 Å². The zero-order valence-corrected chi connectivity index (χ0v) is 11.2. The van der Waals surface area contributed by atoms with Gasteiger partial charge in [0.05, 0.1) is 12.2 Å². The van der Waals surface area contributed by atoms with Gasteiger partial charge in [-0.15, -0.1) is 0 Å². The summed E-state index contributed by atoms with van der Waals surface area (Å²) >= 11 is 0. The van der Waals surface area contributed by atoms with E-state index in [0.717, 1.165) is 0 Å². The van der Waals surface area contributed by atoms with Crippen molar-refractivity contribution in [2.75, 3.05) is 5.75 Å². The summed E-state index contributed by atoms with van der Waals surface area (Å²) in [5, 5.41) is 8.46. The molecule has 104 valence electrons. The molecule has 0 saturated heterocycles. The molecule has 1 aromatic rings. The molecule has 0 bridgehead atoms. The maximum atomic E-state index is 13.4. The van der Waals surface area contributed by atoms with E-state index in [2.05, 4.69) is 4.98 Å². The van der Waals surface area contributed by atoms with E-state index >= 15 is 0 Å². The van der Waals surface area contributed by atoms with Crippen LogP contribution < -0.4 is 0 Å². The highest BCUT2D eigenvalue weighted by Crippen LogP contribution is 2.47. The molecule has 1 saturated carbocycles. The molecule has 0 aliphatic heterocycles. The number of nitrogens with zero attached hydrogens (tertiary/aromatic N) is 1. The fourth-order valence-electron chi connectivity index (χ4n) is 1.88. The Bertz CT molecular complexity index is 595. The van der Waals surface area contributed by atoms with Gasteiger partial charge >= 0.3 is 5.97 Å². The summed E-state index contributed by atoms with van der Waals surface area (Å²) < 4.78 is 37.3. The molecule has 1 aliphatic carbocycles. The van der Waals surface area contributed by atoms with Crippen molar-refractivity contribution in [1.82, 2.24) is 4.98 Å². The van der Waals surface area contributed by atoms with Gasteiger partial charge in [-0.25, -0.2) is 17.8 Å². The van der Waals surface area contributed by atoms with Crippen molar-refractivity contribution >= 4 is 15.8 Å². The number of hydrogen-bond donors (Lipinski definition) is 1. The number of carboxylic acid groups (broad SMARTS) is 1. The van der Waals surface area contributed by atoms with Crippen LogP contribution in [0.3, 0.4) is 0 Å². The van der Waals surface area contributed by atoms with Gasteiger partial charge in [-0.3, -0.25) is 4.79 Å². The van der Waals surface area contributed by atoms with Crippen LogP contribution in [-0.2, 0) is 21.1 Å². The largest absolute Gasteiger partial charge is 0.481 e. The van der Waals surface area contributed by atoms with Gasteiger partial charge in [-0.05, 0) is 25.0 Å². The number of carboxylic acids is 1. The average molecular weight is 287 g/mol. The highest BCUT2D eigenvalue weighted by molar-refractivity contribution is 7.91. The van der Waals surface area contributed by atoms with Crippen molar-refractivity contribution < 1.29 is 22.7 Å². The van der Waals surface area contributed by atoms with Crippen LogP contribution in [0.15, 0.2) is 23.4 Å². The number of rotatable bonds is 5. The molecule has 7 heteroatoms. The van der Waals surface area contributed by atoms with E-state index < -0.39 is 27.4 Å². The van der Waals surface area contributed by atoms with E-state index in [-0.39, 0.29) is 23.6 Å². The Morgan fingerprint density at radius 2 is 2.21 bits per heavy atom. The molecule has 0 spiro atoms. The fraction of sp³-hybridized carbons (Fsp3) is 0.500. The number of aromatic nitrogens is 1. The Morgan fingerprint density at radius 3 is 2.63 bits per heavy atom. The number of alkyl halides is 1. The first-order valence-corrected chi connectivity index (χ1v) is 7.44. The molecule has 0 radical (unpaired) electrons. The summed E-state index contributed by atoms with van der Waals surface area (Å²) in [5.41, 5.74) is -0.968. The van der Waals surface area contributed by atoms with Crippen LogP contribution in [0, 0.1) is 5.92 Å². The van der Waals surface area contributed by atoms with Crippen LogP contribution in [-0.4, -0.2) is 35.9 Å². The first-order valence-electron chi connectivity index (χ1n) is 5.79. The molecule has 2 atom stereocenters. The van der Waals surface area contributed by atoms with Crippen LogP contribution in [0.4, 0.5) is 4.39 Å². The molecule has 1 aromatic heterocycles. The second-order valence-electron chi connectivity index (χ2n) is 5.04. The Balaban J connectivity index is 2.11. The number of hydrogen-bond acceptors (Lipinski definition) is 4. The first kappa shape index (κ1) is 13.9. The fourth-order valence-corrected chi connectivity index (χ4v) is 3.53. The maximum Gasteiger partial charge on any atom is 0.307 e. The SMILES string of the molecule is CC1(F)CC1CS(=O)(=O)c1ccc(CC(=O)O)cn1. The van der Waals surface area contributed by atoms with Gasteiger partial charge in [0, 0.05) is 12.1 Å². The van der Waals surface area contributed by atoms with Crippen LogP contribution in [0.5, 0.6) is 0 Å². The van der Waals surface area contributed by atoms with Crippen LogP contribution in [0.2, 0.25) is 0 Å². The van der Waals surface area contributed by atoms with Crippen molar-refractivity contribution in [2.45, 2.75) is 30.5 Å². The minimum absolute atomic E-state index is 0.135. The third-order valence-corrected chi connectivity index (χ3v) is 4.95. The zero-order chi connectivity index (χ0) is 14.3. The summed E-state index contributed by atoms with van der Waals surface area (Å²) in [6.07, 6.45) is 1.27. The molecule has 19 heavy (non-hydrogen) atoms. The standard InChI is InChI=1S/C12H14FNO4S/c1-12(13)5-9(12)7-19(17,18)10-3-2-8(6-14-10)4-11(15)16/h2-3,6,9H,4-5,7H2,1H3,(H,15,16). The monoisotopic (exact) mass is 287 g/mol. The maximum absolute atomic E-state index is 13.4. The number of aliphatic carboxylic acids is 1. The number of sulfone groups is 1. The summed E-state index contributed by atoms with van der Waals surface area (Å²) in [5.74, 6) is -1.74. The summed E-state index contributed by atoms with van der Waals surface area (Å²) in [4.78, 5) is 14.2. The predicted octanol–water partition coefficient (Wildman–Crippen LogP) is 1.23. The Hall–Kier alpha value is -1.50. The van der Waals surface area contributed by atoms with Crippen LogP contribution >= 0.6 is 0 Å². The molecule has 1 heterocycles. The van der Waals surface area contributed by atoms with E-state index in [0.29, 0.717) is 5.56 Å². The second-order valence-corrected chi connectivity index (χ2v) is 7.02.